The number of rotatable bonds is 3. The molecule has 1 aromatic heterocycles. The zero-order valence-corrected chi connectivity index (χ0v) is 8.22. The molecule has 0 aromatic carbocycles. The first-order chi connectivity index (χ1) is 5.25. The van der Waals surface area contributed by atoms with E-state index in [0.29, 0.717) is 0 Å². The van der Waals surface area contributed by atoms with E-state index in [1.807, 2.05) is 11.3 Å². The van der Waals surface area contributed by atoms with Crippen LogP contribution >= 0.6 is 11.3 Å². The van der Waals surface area contributed by atoms with E-state index in [4.69, 9.17) is 0 Å². The average Bonchev–Trinajstić information content (AvgIpc) is 2.29. The fraction of sp³-hybridized carbons (Fsp3) is 0.556. The molecule has 0 amide bonds. The van der Waals surface area contributed by atoms with E-state index in [9.17, 15) is 0 Å². The van der Waals surface area contributed by atoms with Gasteiger partial charge in [0.1, 0.15) is 0 Å². The summed E-state index contributed by atoms with van der Waals surface area (Å²) in [6.45, 7) is 7.58. The zero-order chi connectivity index (χ0) is 8.27. The van der Waals surface area contributed by atoms with Crippen LogP contribution in [0.3, 0.4) is 0 Å². The molecule has 0 aliphatic heterocycles. The summed E-state index contributed by atoms with van der Waals surface area (Å²) in [6, 6.07) is 0. The first kappa shape index (κ1) is 8.60. The molecule has 62 valence electrons. The average molecular weight is 169 g/mol. The number of hydrogen-bond acceptors (Lipinski definition) is 2. The van der Waals surface area contributed by atoms with E-state index in [0.717, 1.165) is 6.54 Å². The van der Waals surface area contributed by atoms with Gasteiger partial charge in [-0.3, -0.25) is 0 Å². The molecule has 1 nitrogen and oxygen atoms in total. The Labute approximate surface area is 72.4 Å². The third-order valence-corrected chi connectivity index (χ3v) is 2.74. The lowest BCUT2D eigenvalue weighted by atomic mass is 10.3. The molecule has 11 heavy (non-hydrogen) atoms. The van der Waals surface area contributed by atoms with Crippen LogP contribution in [0, 0.1) is 13.8 Å². The van der Waals surface area contributed by atoms with Crippen molar-refractivity contribution in [3.63, 3.8) is 0 Å². The molecule has 1 heterocycles. The standard InChI is InChI=1S/C9H15NS/c1-4-5-10-9-7(2)6-11-8(9)3/h6,10H,4-5H2,1-3H3. The Morgan fingerprint density at radius 2 is 2.18 bits per heavy atom. The van der Waals surface area contributed by atoms with E-state index < -0.39 is 0 Å². The number of anilines is 1. The summed E-state index contributed by atoms with van der Waals surface area (Å²) in [5.74, 6) is 0. The highest BCUT2D eigenvalue weighted by atomic mass is 32.1. The van der Waals surface area contributed by atoms with Crippen molar-refractivity contribution in [1.29, 1.82) is 0 Å². The minimum atomic E-state index is 1.08. The molecule has 1 rings (SSSR count). The highest BCUT2D eigenvalue weighted by molar-refractivity contribution is 7.10. The molecule has 1 aromatic rings. The highest BCUT2D eigenvalue weighted by Gasteiger charge is 2.01. The Hall–Kier alpha value is -0.500. The van der Waals surface area contributed by atoms with Gasteiger partial charge in [0.05, 0.1) is 5.69 Å². The molecule has 0 aliphatic carbocycles. The number of hydrogen-bond donors (Lipinski definition) is 1. The van der Waals surface area contributed by atoms with Gasteiger partial charge in [-0.15, -0.1) is 11.3 Å². The van der Waals surface area contributed by atoms with Crippen LogP contribution in [0.25, 0.3) is 0 Å². The minimum Gasteiger partial charge on any atom is -0.384 e. The third-order valence-electron chi connectivity index (χ3n) is 1.71. The van der Waals surface area contributed by atoms with Crippen molar-refractivity contribution < 1.29 is 0 Å². The Morgan fingerprint density at radius 3 is 2.64 bits per heavy atom. The van der Waals surface area contributed by atoms with Gasteiger partial charge in [0, 0.05) is 11.4 Å². The summed E-state index contributed by atoms with van der Waals surface area (Å²) in [4.78, 5) is 1.40. The van der Waals surface area contributed by atoms with Crippen molar-refractivity contribution in [3.05, 3.63) is 15.8 Å². The maximum Gasteiger partial charge on any atom is 0.0508 e. The SMILES string of the molecule is CCCNc1c(C)csc1C. The van der Waals surface area contributed by atoms with Gasteiger partial charge in [-0.25, -0.2) is 0 Å². The van der Waals surface area contributed by atoms with E-state index in [-0.39, 0.29) is 0 Å². The lowest BCUT2D eigenvalue weighted by Crippen LogP contribution is -2.00. The summed E-state index contributed by atoms with van der Waals surface area (Å²) < 4.78 is 0. The molecule has 0 radical (unpaired) electrons. The molecule has 0 saturated carbocycles. The minimum absolute atomic E-state index is 1.08. The summed E-state index contributed by atoms with van der Waals surface area (Å²) in [5.41, 5.74) is 2.72. The normalized spacial score (nSPS) is 10.1. The van der Waals surface area contributed by atoms with Gasteiger partial charge in [-0.05, 0) is 31.2 Å². The zero-order valence-electron chi connectivity index (χ0n) is 7.40. The maximum absolute atomic E-state index is 3.42. The Kier molecular flexibility index (Phi) is 2.94. The fourth-order valence-electron chi connectivity index (χ4n) is 1.09. The number of nitrogens with one attached hydrogen (secondary N) is 1. The molecule has 0 fully saturated rings. The van der Waals surface area contributed by atoms with Gasteiger partial charge < -0.3 is 5.32 Å². The molecular formula is C9H15NS. The van der Waals surface area contributed by atoms with Gasteiger partial charge in [0.25, 0.3) is 0 Å². The van der Waals surface area contributed by atoms with E-state index in [2.05, 4.69) is 31.5 Å². The first-order valence-electron chi connectivity index (χ1n) is 4.04. The van der Waals surface area contributed by atoms with Crippen molar-refractivity contribution >= 4 is 17.0 Å². The Bertz CT molecular complexity index is 208. The van der Waals surface area contributed by atoms with Crippen LogP contribution in [0.15, 0.2) is 5.38 Å². The molecule has 0 bridgehead atoms. The van der Waals surface area contributed by atoms with E-state index in [1.165, 1.54) is 22.5 Å². The Balaban J connectivity index is 2.67. The lowest BCUT2D eigenvalue weighted by Gasteiger charge is -2.04. The smallest absolute Gasteiger partial charge is 0.0508 e. The van der Waals surface area contributed by atoms with Gasteiger partial charge in [-0.1, -0.05) is 6.92 Å². The highest BCUT2D eigenvalue weighted by Crippen LogP contribution is 2.25. The summed E-state index contributed by atoms with van der Waals surface area (Å²) >= 11 is 1.82. The van der Waals surface area contributed by atoms with Crippen molar-refractivity contribution in [1.82, 2.24) is 0 Å². The Morgan fingerprint density at radius 1 is 1.45 bits per heavy atom. The quantitative estimate of drug-likeness (QED) is 0.732. The molecule has 0 atom stereocenters. The molecule has 0 unspecified atom stereocenters. The number of aryl methyl sites for hydroxylation is 2. The number of thiophene rings is 1. The second-order valence-electron chi connectivity index (χ2n) is 2.78. The summed E-state index contributed by atoms with van der Waals surface area (Å²) in [7, 11) is 0. The van der Waals surface area contributed by atoms with Crippen LogP contribution in [0.2, 0.25) is 0 Å². The summed E-state index contributed by atoms with van der Waals surface area (Å²) in [5, 5.41) is 5.62. The van der Waals surface area contributed by atoms with Crippen LogP contribution < -0.4 is 5.32 Å². The third kappa shape index (κ3) is 1.96. The van der Waals surface area contributed by atoms with Crippen molar-refractivity contribution in [2.75, 3.05) is 11.9 Å². The first-order valence-corrected chi connectivity index (χ1v) is 4.92. The van der Waals surface area contributed by atoms with E-state index >= 15 is 0 Å². The predicted molar refractivity (Wildman–Crippen MR) is 52.6 cm³/mol. The summed E-state index contributed by atoms with van der Waals surface area (Å²) in [6.07, 6.45) is 1.19. The van der Waals surface area contributed by atoms with Crippen LogP contribution in [-0.2, 0) is 0 Å². The predicted octanol–water partition coefficient (Wildman–Crippen LogP) is 3.19. The lowest BCUT2D eigenvalue weighted by molar-refractivity contribution is 0.977. The van der Waals surface area contributed by atoms with Gasteiger partial charge in [0.15, 0.2) is 0 Å². The molecule has 2 heteroatoms. The van der Waals surface area contributed by atoms with Crippen molar-refractivity contribution in [2.24, 2.45) is 0 Å². The van der Waals surface area contributed by atoms with Gasteiger partial charge >= 0.3 is 0 Å². The van der Waals surface area contributed by atoms with Crippen LogP contribution in [0.1, 0.15) is 23.8 Å². The monoisotopic (exact) mass is 169 g/mol. The largest absolute Gasteiger partial charge is 0.384 e. The molecule has 0 aliphatic rings. The van der Waals surface area contributed by atoms with Crippen LogP contribution in [0.5, 0.6) is 0 Å². The second-order valence-corrected chi connectivity index (χ2v) is 3.86. The van der Waals surface area contributed by atoms with Crippen LogP contribution in [0.4, 0.5) is 5.69 Å². The topological polar surface area (TPSA) is 12.0 Å². The van der Waals surface area contributed by atoms with Crippen LogP contribution in [-0.4, -0.2) is 6.54 Å². The molecule has 0 spiro atoms. The molecule has 1 N–H and O–H groups in total. The van der Waals surface area contributed by atoms with Crippen molar-refractivity contribution in [3.8, 4) is 0 Å². The fourth-order valence-corrected chi connectivity index (χ4v) is 1.91. The molecule has 0 saturated heterocycles. The van der Waals surface area contributed by atoms with E-state index in [1.54, 1.807) is 0 Å². The second kappa shape index (κ2) is 3.77. The van der Waals surface area contributed by atoms with Gasteiger partial charge in [0.2, 0.25) is 0 Å². The van der Waals surface area contributed by atoms with Crippen molar-refractivity contribution in [2.45, 2.75) is 27.2 Å². The molecular weight excluding hydrogens is 154 g/mol. The maximum atomic E-state index is 3.42. The van der Waals surface area contributed by atoms with Gasteiger partial charge in [-0.2, -0.15) is 0 Å².